The number of amides is 1. The molecule has 1 unspecified atom stereocenters. The molecular formula is C11H9BrCl2FNO. The van der Waals surface area contributed by atoms with Crippen molar-refractivity contribution < 1.29 is 9.18 Å². The van der Waals surface area contributed by atoms with Crippen LogP contribution in [0, 0.1) is 5.82 Å². The Morgan fingerprint density at radius 1 is 1.35 bits per heavy atom. The molecule has 17 heavy (non-hydrogen) atoms. The summed E-state index contributed by atoms with van der Waals surface area (Å²) in [7, 11) is 0. The number of hydrogen-bond donors (Lipinski definition) is 0. The van der Waals surface area contributed by atoms with E-state index in [0.717, 1.165) is 25.0 Å². The van der Waals surface area contributed by atoms with Gasteiger partial charge in [0.05, 0.1) is 20.6 Å². The van der Waals surface area contributed by atoms with Crippen molar-refractivity contribution in [2.24, 2.45) is 0 Å². The SMILES string of the molecule is O=C1C(Br)CCCN1c1c(Cl)cc(F)cc1Cl. The van der Waals surface area contributed by atoms with Crippen molar-refractivity contribution in [3.05, 3.63) is 28.0 Å². The van der Waals surface area contributed by atoms with Crippen LogP contribution in [-0.2, 0) is 4.79 Å². The standard InChI is InChI=1S/C11H9BrCl2FNO/c12-7-2-1-3-16(11(7)17)10-8(13)4-6(15)5-9(10)14/h4-5,7H,1-3H2. The molecule has 1 amide bonds. The van der Waals surface area contributed by atoms with Crippen LogP contribution in [0.25, 0.3) is 0 Å². The summed E-state index contributed by atoms with van der Waals surface area (Å²) in [5.74, 6) is -0.602. The highest BCUT2D eigenvalue weighted by molar-refractivity contribution is 9.10. The van der Waals surface area contributed by atoms with Crippen molar-refractivity contribution in [1.82, 2.24) is 0 Å². The maximum Gasteiger partial charge on any atom is 0.240 e. The van der Waals surface area contributed by atoms with Crippen LogP contribution in [0.15, 0.2) is 12.1 Å². The Morgan fingerprint density at radius 2 is 1.94 bits per heavy atom. The molecule has 1 aromatic rings. The van der Waals surface area contributed by atoms with Crippen LogP contribution in [0.1, 0.15) is 12.8 Å². The van der Waals surface area contributed by atoms with E-state index in [9.17, 15) is 9.18 Å². The van der Waals surface area contributed by atoms with Gasteiger partial charge in [0.25, 0.3) is 0 Å². The molecule has 6 heteroatoms. The summed E-state index contributed by atoms with van der Waals surface area (Å²) in [5, 5.41) is 0.315. The van der Waals surface area contributed by atoms with Gasteiger partial charge in [-0.05, 0) is 25.0 Å². The molecule has 0 N–H and O–H groups in total. The Labute approximate surface area is 117 Å². The zero-order valence-electron chi connectivity index (χ0n) is 8.72. The van der Waals surface area contributed by atoms with Gasteiger partial charge in [0.2, 0.25) is 5.91 Å². The molecule has 0 bridgehead atoms. The first-order valence-electron chi connectivity index (χ1n) is 5.10. The average molecular weight is 341 g/mol. The van der Waals surface area contributed by atoms with Crippen molar-refractivity contribution in [2.75, 3.05) is 11.4 Å². The zero-order chi connectivity index (χ0) is 12.6. The Kier molecular flexibility index (Phi) is 3.95. The molecule has 92 valence electrons. The minimum atomic E-state index is -0.511. The van der Waals surface area contributed by atoms with E-state index >= 15 is 0 Å². The number of carbonyl (C=O) groups excluding carboxylic acids is 1. The summed E-state index contributed by atoms with van der Waals surface area (Å²) in [6.07, 6.45) is 1.64. The monoisotopic (exact) mass is 339 g/mol. The fourth-order valence-corrected chi connectivity index (χ4v) is 3.08. The average Bonchev–Trinajstić information content (AvgIpc) is 2.23. The van der Waals surface area contributed by atoms with E-state index in [-0.39, 0.29) is 20.8 Å². The van der Waals surface area contributed by atoms with Gasteiger partial charge >= 0.3 is 0 Å². The number of carbonyl (C=O) groups is 1. The topological polar surface area (TPSA) is 20.3 Å². The molecule has 1 aliphatic heterocycles. The van der Waals surface area contributed by atoms with E-state index in [1.165, 1.54) is 4.90 Å². The molecule has 2 nitrogen and oxygen atoms in total. The van der Waals surface area contributed by atoms with Gasteiger partial charge in [-0.1, -0.05) is 39.1 Å². The lowest BCUT2D eigenvalue weighted by Crippen LogP contribution is -2.42. The van der Waals surface area contributed by atoms with Crippen molar-refractivity contribution in [3.63, 3.8) is 0 Å². The second kappa shape index (κ2) is 5.12. The summed E-state index contributed by atoms with van der Waals surface area (Å²) >= 11 is 15.2. The van der Waals surface area contributed by atoms with Gasteiger partial charge < -0.3 is 4.90 Å². The number of hydrogen-bond acceptors (Lipinski definition) is 1. The van der Waals surface area contributed by atoms with Crippen molar-refractivity contribution >= 4 is 50.7 Å². The van der Waals surface area contributed by atoms with Crippen LogP contribution in [-0.4, -0.2) is 17.3 Å². The van der Waals surface area contributed by atoms with Crippen LogP contribution in [0.5, 0.6) is 0 Å². The Morgan fingerprint density at radius 3 is 2.53 bits per heavy atom. The van der Waals surface area contributed by atoms with E-state index in [1.807, 2.05) is 0 Å². The van der Waals surface area contributed by atoms with E-state index in [2.05, 4.69) is 15.9 Å². The van der Waals surface area contributed by atoms with Crippen LogP contribution < -0.4 is 4.90 Å². The summed E-state index contributed by atoms with van der Waals surface area (Å²) in [6.45, 7) is 0.548. The number of anilines is 1. The van der Waals surface area contributed by atoms with Gasteiger partial charge in [-0.2, -0.15) is 0 Å². The smallest absolute Gasteiger partial charge is 0.240 e. The Balaban J connectivity index is 2.43. The lowest BCUT2D eigenvalue weighted by Gasteiger charge is -2.31. The minimum absolute atomic E-state index is 0.0911. The number of piperidine rings is 1. The fourth-order valence-electron chi connectivity index (χ4n) is 1.85. The predicted molar refractivity (Wildman–Crippen MR) is 70.7 cm³/mol. The zero-order valence-corrected chi connectivity index (χ0v) is 11.8. The minimum Gasteiger partial charge on any atom is -0.309 e. The number of benzene rings is 1. The molecule has 2 rings (SSSR count). The molecule has 0 spiro atoms. The van der Waals surface area contributed by atoms with Crippen molar-refractivity contribution in [3.8, 4) is 0 Å². The quantitative estimate of drug-likeness (QED) is 0.707. The number of alkyl halides is 1. The highest BCUT2D eigenvalue weighted by Gasteiger charge is 2.30. The second-order valence-corrected chi connectivity index (χ2v) is 5.74. The number of nitrogens with zero attached hydrogens (tertiary/aromatic N) is 1. The van der Waals surface area contributed by atoms with Crippen LogP contribution in [0.2, 0.25) is 10.0 Å². The normalized spacial score (nSPS) is 20.8. The van der Waals surface area contributed by atoms with E-state index in [4.69, 9.17) is 23.2 Å². The molecule has 1 aromatic carbocycles. The van der Waals surface area contributed by atoms with Crippen LogP contribution in [0.3, 0.4) is 0 Å². The molecule has 1 saturated heterocycles. The van der Waals surface area contributed by atoms with Gasteiger partial charge in [-0.25, -0.2) is 4.39 Å². The van der Waals surface area contributed by atoms with E-state index < -0.39 is 5.82 Å². The highest BCUT2D eigenvalue weighted by Crippen LogP contribution is 2.37. The second-order valence-electron chi connectivity index (χ2n) is 3.82. The molecular weight excluding hydrogens is 332 g/mol. The number of halogens is 4. The van der Waals surface area contributed by atoms with Gasteiger partial charge in [0, 0.05) is 6.54 Å². The van der Waals surface area contributed by atoms with E-state index in [0.29, 0.717) is 12.2 Å². The first-order chi connectivity index (χ1) is 8.00. The fraction of sp³-hybridized carbons (Fsp3) is 0.364. The highest BCUT2D eigenvalue weighted by atomic mass is 79.9. The third-order valence-electron chi connectivity index (χ3n) is 2.62. The lowest BCUT2D eigenvalue weighted by atomic mass is 10.1. The summed E-state index contributed by atoms with van der Waals surface area (Å²) < 4.78 is 13.1. The molecule has 1 atom stereocenters. The van der Waals surface area contributed by atoms with Gasteiger partial charge in [0.15, 0.2) is 0 Å². The lowest BCUT2D eigenvalue weighted by molar-refractivity contribution is -0.118. The molecule has 1 aliphatic rings. The molecule has 1 fully saturated rings. The Bertz CT molecular complexity index is 446. The van der Waals surface area contributed by atoms with Gasteiger partial charge in [-0.15, -0.1) is 0 Å². The van der Waals surface area contributed by atoms with Crippen LogP contribution >= 0.6 is 39.1 Å². The molecule has 0 saturated carbocycles. The predicted octanol–water partition coefficient (Wildman–Crippen LogP) is 4.02. The summed E-state index contributed by atoms with van der Waals surface area (Å²) in [4.78, 5) is 13.3. The first-order valence-corrected chi connectivity index (χ1v) is 6.78. The van der Waals surface area contributed by atoms with Gasteiger partial charge in [-0.3, -0.25) is 4.79 Å². The maximum atomic E-state index is 13.1. The van der Waals surface area contributed by atoms with Gasteiger partial charge in [0.1, 0.15) is 5.82 Å². The molecule has 0 radical (unpaired) electrons. The third kappa shape index (κ3) is 2.59. The first kappa shape index (κ1) is 13.1. The Hall–Kier alpha value is -0.320. The third-order valence-corrected chi connectivity index (χ3v) is 4.05. The van der Waals surface area contributed by atoms with Crippen molar-refractivity contribution in [1.29, 1.82) is 0 Å². The number of rotatable bonds is 1. The molecule has 0 aromatic heterocycles. The largest absolute Gasteiger partial charge is 0.309 e. The van der Waals surface area contributed by atoms with Crippen molar-refractivity contribution in [2.45, 2.75) is 17.7 Å². The molecule has 0 aliphatic carbocycles. The van der Waals surface area contributed by atoms with Crippen LogP contribution in [0.4, 0.5) is 10.1 Å². The summed E-state index contributed by atoms with van der Waals surface area (Å²) in [6, 6.07) is 2.32. The maximum absolute atomic E-state index is 13.1. The summed E-state index contributed by atoms with van der Waals surface area (Å²) in [5.41, 5.74) is 0.392. The van der Waals surface area contributed by atoms with E-state index in [1.54, 1.807) is 0 Å². The molecule has 1 heterocycles.